The van der Waals surface area contributed by atoms with Gasteiger partial charge in [-0.3, -0.25) is 0 Å². The Bertz CT molecular complexity index is 716. The third kappa shape index (κ3) is 2.16. The van der Waals surface area contributed by atoms with Crippen LogP contribution in [0.1, 0.15) is 18.0 Å². The molecule has 4 rings (SSSR count). The van der Waals surface area contributed by atoms with Gasteiger partial charge in [0.1, 0.15) is 5.75 Å². The van der Waals surface area contributed by atoms with Gasteiger partial charge in [-0.2, -0.15) is 0 Å². The number of hydrogen-bond acceptors (Lipinski definition) is 3. The van der Waals surface area contributed by atoms with Gasteiger partial charge in [-0.05, 0) is 50.8 Å². The Kier molecular flexibility index (Phi) is 3.28. The normalized spacial score (nSPS) is 22.6. The third-order valence-corrected chi connectivity index (χ3v) is 4.97. The third-order valence-electron chi connectivity index (χ3n) is 4.73. The molecule has 1 saturated heterocycles. The number of anilines is 1. The maximum atomic E-state index is 6.25. The summed E-state index contributed by atoms with van der Waals surface area (Å²) in [5, 5.41) is 0.765. The van der Waals surface area contributed by atoms with Gasteiger partial charge in [0.05, 0.1) is 11.7 Å². The van der Waals surface area contributed by atoms with Gasteiger partial charge in [0.25, 0.3) is 0 Å². The number of likely N-dealkylation sites (N-methyl/N-ethyl adjacent to an activating group) is 1. The van der Waals surface area contributed by atoms with Crippen LogP contribution in [0.4, 0.5) is 5.69 Å². The second-order valence-corrected chi connectivity index (χ2v) is 6.71. The van der Waals surface area contributed by atoms with Crippen LogP contribution in [-0.4, -0.2) is 31.6 Å². The van der Waals surface area contributed by atoms with E-state index in [4.69, 9.17) is 16.3 Å². The van der Waals surface area contributed by atoms with E-state index in [9.17, 15) is 0 Å². The first-order valence-electron chi connectivity index (χ1n) is 7.63. The SMILES string of the molecule is CN(C)C1CC2c3cc(Cl)ccc3Oc3ccccc3N2C1. The molecule has 3 nitrogen and oxygen atoms in total. The molecule has 2 heterocycles. The van der Waals surface area contributed by atoms with Crippen molar-refractivity contribution in [3.05, 3.63) is 53.1 Å². The zero-order valence-corrected chi connectivity index (χ0v) is 13.5. The fraction of sp³-hybridized carbons (Fsp3) is 0.333. The predicted octanol–water partition coefficient (Wildman–Crippen LogP) is 4.33. The highest BCUT2D eigenvalue weighted by Crippen LogP contribution is 2.49. The van der Waals surface area contributed by atoms with Crippen LogP contribution in [0.2, 0.25) is 5.02 Å². The van der Waals surface area contributed by atoms with E-state index in [2.05, 4.69) is 42.1 Å². The highest BCUT2D eigenvalue weighted by molar-refractivity contribution is 6.30. The largest absolute Gasteiger partial charge is 0.455 e. The molecule has 0 bridgehead atoms. The van der Waals surface area contributed by atoms with E-state index in [1.807, 2.05) is 24.3 Å². The summed E-state index contributed by atoms with van der Waals surface area (Å²) in [6.45, 7) is 1.00. The smallest absolute Gasteiger partial charge is 0.150 e. The van der Waals surface area contributed by atoms with Crippen molar-refractivity contribution in [1.29, 1.82) is 0 Å². The van der Waals surface area contributed by atoms with Gasteiger partial charge in [0.15, 0.2) is 5.75 Å². The molecular formula is C18H19ClN2O. The minimum Gasteiger partial charge on any atom is -0.455 e. The van der Waals surface area contributed by atoms with Crippen molar-refractivity contribution in [3.63, 3.8) is 0 Å². The molecular weight excluding hydrogens is 296 g/mol. The lowest BCUT2D eigenvalue weighted by molar-refractivity contribution is 0.309. The molecule has 0 aliphatic carbocycles. The molecule has 2 aromatic rings. The second kappa shape index (κ2) is 5.18. The van der Waals surface area contributed by atoms with Crippen LogP contribution in [0.25, 0.3) is 0 Å². The van der Waals surface area contributed by atoms with Crippen LogP contribution >= 0.6 is 11.6 Å². The van der Waals surface area contributed by atoms with Crippen molar-refractivity contribution < 1.29 is 4.74 Å². The first-order valence-corrected chi connectivity index (χ1v) is 8.00. The number of nitrogens with zero attached hydrogens (tertiary/aromatic N) is 2. The van der Waals surface area contributed by atoms with Crippen molar-refractivity contribution in [2.24, 2.45) is 0 Å². The van der Waals surface area contributed by atoms with E-state index in [-0.39, 0.29) is 0 Å². The maximum Gasteiger partial charge on any atom is 0.150 e. The van der Waals surface area contributed by atoms with Crippen LogP contribution in [0.15, 0.2) is 42.5 Å². The Morgan fingerprint density at radius 2 is 1.95 bits per heavy atom. The van der Waals surface area contributed by atoms with E-state index >= 15 is 0 Å². The second-order valence-electron chi connectivity index (χ2n) is 6.27. The molecule has 2 aliphatic rings. The lowest BCUT2D eigenvalue weighted by Crippen LogP contribution is -2.31. The Hall–Kier alpha value is -1.71. The lowest BCUT2D eigenvalue weighted by Gasteiger charge is -2.25. The minimum atomic E-state index is 0.310. The summed E-state index contributed by atoms with van der Waals surface area (Å²) >= 11 is 6.25. The van der Waals surface area contributed by atoms with Crippen molar-refractivity contribution >= 4 is 17.3 Å². The highest BCUT2D eigenvalue weighted by atomic mass is 35.5. The molecule has 2 unspecified atom stereocenters. The van der Waals surface area contributed by atoms with Crippen LogP contribution in [-0.2, 0) is 0 Å². The predicted molar refractivity (Wildman–Crippen MR) is 90.1 cm³/mol. The molecule has 2 aromatic carbocycles. The van der Waals surface area contributed by atoms with Crippen molar-refractivity contribution in [2.45, 2.75) is 18.5 Å². The van der Waals surface area contributed by atoms with Crippen LogP contribution in [0, 0.1) is 0 Å². The Labute approximate surface area is 136 Å². The first kappa shape index (κ1) is 13.9. The van der Waals surface area contributed by atoms with Crippen molar-refractivity contribution in [1.82, 2.24) is 4.90 Å². The van der Waals surface area contributed by atoms with Crippen molar-refractivity contribution in [3.8, 4) is 11.5 Å². The van der Waals surface area contributed by atoms with Gasteiger partial charge < -0.3 is 14.5 Å². The van der Waals surface area contributed by atoms with Crippen LogP contribution in [0.5, 0.6) is 11.5 Å². The molecule has 114 valence electrons. The van der Waals surface area contributed by atoms with Gasteiger partial charge >= 0.3 is 0 Å². The quantitative estimate of drug-likeness (QED) is 0.779. The van der Waals surface area contributed by atoms with Crippen molar-refractivity contribution in [2.75, 3.05) is 25.5 Å². The average molecular weight is 315 g/mol. The summed E-state index contributed by atoms with van der Waals surface area (Å²) in [7, 11) is 4.30. The molecule has 2 aliphatic heterocycles. The van der Waals surface area contributed by atoms with Gasteiger partial charge in [0, 0.05) is 23.2 Å². The molecule has 0 spiro atoms. The minimum absolute atomic E-state index is 0.310. The standard InChI is InChI=1S/C18H19ClN2O/c1-20(2)13-10-16-14-9-12(19)7-8-17(14)22-18-6-4-3-5-15(18)21(16)11-13/h3-9,13,16H,10-11H2,1-2H3. The number of para-hydroxylation sites is 2. The van der Waals surface area contributed by atoms with E-state index in [1.54, 1.807) is 0 Å². The zero-order valence-electron chi connectivity index (χ0n) is 12.8. The lowest BCUT2D eigenvalue weighted by atomic mass is 10.0. The first-order chi connectivity index (χ1) is 10.6. The molecule has 0 N–H and O–H groups in total. The highest BCUT2D eigenvalue weighted by Gasteiger charge is 2.38. The fourth-order valence-electron chi connectivity index (χ4n) is 3.52. The van der Waals surface area contributed by atoms with Gasteiger partial charge in [0.2, 0.25) is 0 Å². The topological polar surface area (TPSA) is 15.7 Å². The molecule has 1 fully saturated rings. The van der Waals surface area contributed by atoms with E-state index in [1.165, 1.54) is 11.3 Å². The maximum absolute atomic E-state index is 6.25. The Morgan fingerprint density at radius 1 is 1.14 bits per heavy atom. The summed E-state index contributed by atoms with van der Waals surface area (Å²) in [6, 6.07) is 15.1. The summed E-state index contributed by atoms with van der Waals surface area (Å²) in [6.07, 6.45) is 1.08. The summed E-state index contributed by atoms with van der Waals surface area (Å²) in [5.74, 6) is 1.84. The van der Waals surface area contributed by atoms with Crippen LogP contribution in [0.3, 0.4) is 0 Å². The number of ether oxygens (including phenoxy) is 1. The van der Waals surface area contributed by atoms with E-state index < -0.39 is 0 Å². The summed E-state index contributed by atoms with van der Waals surface area (Å²) in [4.78, 5) is 4.77. The summed E-state index contributed by atoms with van der Waals surface area (Å²) in [5.41, 5.74) is 2.36. The molecule has 4 heteroatoms. The number of hydrogen-bond donors (Lipinski definition) is 0. The van der Waals surface area contributed by atoms with E-state index in [0.29, 0.717) is 12.1 Å². The monoisotopic (exact) mass is 314 g/mol. The molecule has 0 radical (unpaired) electrons. The number of halogens is 1. The average Bonchev–Trinajstić information content (AvgIpc) is 2.90. The van der Waals surface area contributed by atoms with Gasteiger partial charge in [-0.15, -0.1) is 0 Å². The molecule has 2 atom stereocenters. The van der Waals surface area contributed by atoms with Gasteiger partial charge in [-0.25, -0.2) is 0 Å². The molecule has 0 amide bonds. The number of rotatable bonds is 1. The number of fused-ring (bicyclic) bond motifs is 5. The Morgan fingerprint density at radius 3 is 2.77 bits per heavy atom. The molecule has 22 heavy (non-hydrogen) atoms. The zero-order chi connectivity index (χ0) is 15.3. The fourth-order valence-corrected chi connectivity index (χ4v) is 3.70. The van der Waals surface area contributed by atoms with Gasteiger partial charge in [-0.1, -0.05) is 23.7 Å². The summed E-state index contributed by atoms with van der Waals surface area (Å²) < 4.78 is 6.18. The van der Waals surface area contributed by atoms with E-state index in [0.717, 1.165) is 29.5 Å². The Balaban J connectivity index is 1.88. The molecule has 0 aromatic heterocycles. The molecule has 0 saturated carbocycles. The van der Waals surface area contributed by atoms with Crippen LogP contribution < -0.4 is 9.64 Å². The number of benzene rings is 2.